The van der Waals surface area contributed by atoms with Crippen molar-refractivity contribution in [2.75, 3.05) is 13.1 Å². The molecule has 2 atom stereocenters. The number of aromatic nitrogens is 1. The largest absolute Gasteiger partial charge is 0.311 e. The topological polar surface area (TPSA) is 28.2 Å². The highest BCUT2D eigenvalue weighted by molar-refractivity contribution is 7.09. The van der Waals surface area contributed by atoms with E-state index in [1.807, 2.05) is 0 Å². The molecule has 1 aliphatic heterocycles. The molecule has 0 radical (unpaired) electrons. The second-order valence-electron chi connectivity index (χ2n) is 6.42. The summed E-state index contributed by atoms with van der Waals surface area (Å²) < 4.78 is 0. The molecule has 3 nitrogen and oxygen atoms in total. The molecule has 4 heteroatoms. The van der Waals surface area contributed by atoms with Gasteiger partial charge in [-0.15, -0.1) is 11.3 Å². The Morgan fingerprint density at radius 3 is 2.89 bits per heavy atom. The molecule has 1 aromatic rings. The Balaban J connectivity index is 2.06. The highest BCUT2D eigenvalue weighted by Crippen LogP contribution is 2.25. The van der Waals surface area contributed by atoms with Crippen molar-refractivity contribution in [3.63, 3.8) is 0 Å². The van der Waals surface area contributed by atoms with Crippen LogP contribution in [0.5, 0.6) is 0 Å². The Kier molecular flexibility index (Phi) is 4.64. The lowest BCUT2D eigenvalue weighted by Gasteiger charge is -2.47. The van der Waals surface area contributed by atoms with Gasteiger partial charge in [-0.1, -0.05) is 20.3 Å². The van der Waals surface area contributed by atoms with Crippen molar-refractivity contribution in [1.82, 2.24) is 15.2 Å². The van der Waals surface area contributed by atoms with Crippen molar-refractivity contribution in [1.29, 1.82) is 0 Å². The van der Waals surface area contributed by atoms with Gasteiger partial charge in [0.1, 0.15) is 0 Å². The zero-order valence-electron chi connectivity index (χ0n) is 12.9. The van der Waals surface area contributed by atoms with Crippen LogP contribution >= 0.6 is 11.3 Å². The lowest BCUT2D eigenvalue weighted by molar-refractivity contribution is 0.0439. The van der Waals surface area contributed by atoms with Crippen LogP contribution < -0.4 is 5.32 Å². The maximum atomic E-state index is 4.62. The highest BCUT2D eigenvalue weighted by Gasteiger charge is 2.35. The summed E-state index contributed by atoms with van der Waals surface area (Å²) in [5.41, 5.74) is 1.43. The summed E-state index contributed by atoms with van der Waals surface area (Å²) in [6, 6.07) is 0.609. The first-order chi connectivity index (χ1) is 8.92. The van der Waals surface area contributed by atoms with Gasteiger partial charge in [0.2, 0.25) is 0 Å². The van der Waals surface area contributed by atoms with Gasteiger partial charge in [-0.05, 0) is 26.7 Å². The molecule has 2 heterocycles. The molecule has 1 saturated heterocycles. The summed E-state index contributed by atoms with van der Waals surface area (Å²) in [5, 5.41) is 7.09. The van der Waals surface area contributed by atoms with Gasteiger partial charge in [-0.3, -0.25) is 4.90 Å². The van der Waals surface area contributed by atoms with Crippen molar-refractivity contribution < 1.29 is 0 Å². The van der Waals surface area contributed by atoms with E-state index >= 15 is 0 Å². The Labute approximate surface area is 121 Å². The van der Waals surface area contributed by atoms with E-state index in [-0.39, 0.29) is 5.54 Å². The number of hydrogen-bond acceptors (Lipinski definition) is 4. The van der Waals surface area contributed by atoms with E-state index in [0.29, 0.717) is 6.04 Å². The van der Waals surface area contributed by atoms with E-state index in [1.54, 1.807) is 11.3 Å². The van der Waals surface area contributed by atoms with Gasteiger partial charge in [-0.25, -0.2) is 4.98 Å². The maximum absolute atomic E-state index is 4.62. The van der Waals surface area contributed by atoms with Crippen LogP contribution in [0, 0.1) is 12.8 Å². The fraction of sp³-hybridized carbons (Fsp3) is 0.800. The highest BCUT2D eigenvalue weighted by atomic mass is 32.1. The molecule has 108 valence electrons. The zero-order valence-corrected chi connectivity index (χ0v) is 13.7. The van der Waals surface area contributed by atoms with Crippen molar-refractivity contribution in [2.24, 2.45) is 5.92 Å². The molecule has 1 fully saturated rings. The average Bonchev–Trinajstić information content (AvgIpc) is 2.76. The van der Waals surface area contributed by atoms with E-state index in [2.05, 4.69) is 55.2 Å². The molecule has 2 unspecified atom stereocenters. The maximum Gasteiger partial charge on any atom is 0.0897 e. The molecule has 1 N–H and O–H groups in total. The second kappa shape index (κ2) is 5.90. The third-order valence-electron chi connectivity index (χ3n) is 4.42. The lowest BCUT2D eigenvalue weighted by atomic mass is 9.91. The Hall–Kier alpha value is -0.450. The van der Waals surface area contributed by atoms with E-state index < -0.39 is 0 Å². The van der Waals surface area contributed by atoms with Gasteiger partial charge in [0, 0.05) is 36.6 Å². The van der Waals surface area contributed by atoms with E-state index in [1.165, 1.54) is 17.1 Å². The Morgan fingerprint density at radius 2 is 2.32 bits per heavy atom. The van der Waals surface area contributed by atoms with E-state index in [9.17, 15) is 0 Å². The van der Waals surface area contributed by atoms with Crippen molar-refractivity contribution in [2.45, 2.75) is 59.2 Å². The minimum absolute atomic E-state index is 0.210. The molecule has 1 aliphatic rings. The zero-order chi connectivity index (χ0) is 14.0. The third kappa shape index (κ3) is 3.56. The molecular formula is C15H27N3S. The number of hydrogen-bond donors (Lipinski definition) is 1. The van der Waals surface area contributed by atoms with Crippen LogP contribution in [0.1, 0.15) is 44.8 Å². The van der Waals surface area contributed by atoms with Crippen LogP contribution in [0.4, 0.5) is 0 Å². The fourth-order valence-corrected chi connectivity index (χ4v) is 3.27. The predicted molar refractivity (Wildman–Crippen MR) is 82.6 cm³/mol. The number of piperazine rings is 1. The molecule has 0 aromatic carbocycles. The predicted octanol–water partition coefficient (Wildman–Crippen LogP) is 3.05. The normalized spacial score (nSPS) is 25.4. The third-order valence-corrected chi connectivity index (χ3v) is 5.24. The summed E-state index contributed by atoms with van der Waals surface area (Å²) in [6.07, 6.45) is 1.24. The molecule has 2 rings (SSSR count). The first kappa shape index (κ1) is 14.9. The van der Waals surface area contributed by atoms with Gasteiger partial charge in [0.15, 0.2) is 0 Å². The minimum atomic E-state index is 0.210. The SMILES string of the molecule is CCC(C)C1CN(Cc2csc(C)n2)C(C)(C)CN1. The number of nitrogens with one attached hydrogen (secondary N) is 1. The van der Waals surface area contributed by atoms with Crippen LogP contribution in [-0.2, 0) is 6.54 Å². The molecule has 0 spiro atoms. The Morgan fingerprint density at radius 1 is 1.58 bits per heavy atom. The van der Waals surface area contributed by atoms with Gasteiger partial charge < -0.3 is 5.32 Å². The molecule has 0 amide bonds. The first-order valence-electron chi connectivity index (χ1n) is 7.32. The second-order valence-corrected chi connectivity index (χ2v) is 7.49. The summed E-state index contributed by atoms with van der Waals surface area (Å²) in [7, 11) is 0. The van der Waals surface area contributed by atoms with Crippen LogP contribution in [0.15, 0.2) is 5.38 Å². The summed E-state index contributed by atoms with van der Waals surface area (Å²) in [5.74, 6) is 0.732. The van der Waals surface area contributed by atoms with Crippen molar-refractivity contribution in [3.8, 4) is 0 Å². The van der Waals surface area contributed by atoms with Crippen molar-refractivity contribution in [3.05, 3.63) is 16.1 Å². The van der Waals surface area contributed by atoms with E-state index in [0.717, 1.165) is 25.6 Å². The van der Waals surface area contributed by atoms with Crippen LogP contribution in [0.2, 0.25) is 0 Å². The van der Waals surface area contributed by atoms with Crippen LogP contribution in [0.25, 0.3) is 0 Å². The molecular weight excluding hydrogens is 254 g/mol. The molecule has 0 saturated carbocycles. The lowest BCUT2D eigenvalue weighted by Crippen LogP contribution is -2.62. The molecule has 1 aromatic heterocycles. The van der Waals surface area contributed by atoms with Crippen LogP contribution in [-0.4, -0.2) is 34.6 Å². The number of aryl methyl sites for hydroxylation is 1. The number of rotatable bonds is 4. The molecule has 19 heavy (non-hydrogen) atoms. The summed E-state index contributed by atoms with van der Waals surface area (Å²) in [6.45, 7) is 14.5. The van der Waals surface area contributed by atoms with Gasteiger partial charge >= 0.3 is 0 Å². The fourth-order valence-electron chi connectivity index (χ4n) is 2.66. The quantitative estimate of drug-likeness (QED) is 0.919. The Bertz CT molecular complexity index is 413. The monoisotopic (exact) mass is 281 g/mol. The van der Waals surface area contributed by atoms with Gasteiger partial charge in [-0.2, -0.15) is 0 Å². The van der Waals surface area contributed by atoms with Gasteiger partial charge in [0.05, 0.1) is 10.7 Å². The van der Waals surface area contributed by atoms with E-state index in [4.69, 9.17) is 0 Å². The molecule has 0 aliphatic carbocycles. The first-order valence-corrected chi connectivity index (χ1v) is 8.20. The van der Waals surface area contributed by atoms with Crippen LogP contribution in [0.3, 0.4) is 0 Å². The average molecular weight is 281 g/mol. The smallest absolute Gasteiger partial charge is 0.0897 e. The summed E-state index contributed by atoms with van der Waals surface area (Å²) in [4.78, 5) is 7.21. The number of thiazole rings is 1. The van der Waals surface area contributed by atoms with Gasteiger partial charge in [0.25, 0.3) is 0 Å². The number of nitrogens with zero attached hydrogens (tertiary/aromatic N) is 2. The standard InChI is InChI=1S/C15H27N3S/c1-6-11(2)14-8-18(15(4,5)10-16-14)7-13-9-19-12(3)17-13/h9,11,14,16H,6-8,10H2,1-5H3. The molecule has 0 bridgehead atoms. The minimum Gasteiger partial charge on any atom is -0.311 e. The summed E-state index contributed by atoms with van der Waals surface area (Å²) >= 11 is 1.75. The van der Waals surface area contributed by atoms with Crippen molar-refractivity contribution >= 4 is 11.3 Å².